The standard InChI is InChI=1S/C23H25N3O4S/c1-30-17-9-7-8-16(14-17)24-20(27)15-26-18-10-3-4-11-19(18)31-21(23(26)29)22(28)25-12-5-2-6-13-25/h3-4,7-11,14,21H,2,5-6,12-13,15H2,1H3,(H,24,27). The number of nitrogens with zero attached hydrogens (tertiary/aromatic N) is 2. The van der Waals surface area contributed by atoms with Gasteiger partial charge in [0, 0.05) is 29.7 Å². The zero-order valence-corrected chi connectivity index (χ0v) is 18.2. The number of benzene rings is 2. The van der Waals surface area contributed by atoms with Crippen LogP contribution in [0.3, 0.4) is 0 Å². The summed E-state index contributed by atoms with van der Waals surface area (Å²) in [5.74, 6) is -0.226. The van der Waals surface area contributed by atoms with Gasteiger partial charge in [0.15, 0.2) is 5.25 Å². The summed E-state index contributed by atoms with van der Waals surface area (Å²) in [5, 5.41) is 1.94. The van der Waals surface area contributed by atoms with E-state index in [-0.39, 0.29) is 24.3 Å². The maximum Gasteiger partial charge on any atom is 0.250 e. The first kappa shape index (κ1) is 21.2. The van der Waals surface area contributed by atoms with Gasteiger partial charge in [0.25, 0.3) is 5.91 Å². The van der Waals surface area contributed by atoms with Crippen molar-refractivity contribution in [2.24, 2.45) is 0 Å². The highest BCUT2D eigenvalue weighted by Gasteiger charge is 2.40. The van der Waals surface area contributed by atoms with Crippen LogP contribution in [0.2, 0.25) is 0 Å². The zero-order valence-electron chi connectivity index (χ0n) is 17.4. The Kier molecular flexibility index (Phi) is 6.46. The average Bonchev–Trinajstić information content (AvgIpc) is 2.81. The van der Waals surface area contributed by atoms with Crippen molar-refractivity contribution in [1.29, 1.82) is 0 Å². The highest BCUT2D eigenvalue weighted by Crippen LogP contribution is 2.40. The van der Waals surface area contributed by atoms with Crippen LogP contribution in [-0.2, 0) is 14.4 Å². The second-order valence-corrected chi connectivity index (χ2v) is 8.70. The number of rotatable bonds is 5. The van der Waals surface area contributed by atoms with Gasteiger partial charge in [0.1, 0.15) is 12.3 Å². The zero-order chi connectivity index (χ0) is 21.8. The number of hydrogen-bond acceptors (Lipinski definition) is 5. The molecule has 31 heavy (non-hydrogen) atoms. The lowest BCUT2D eigenvalue weighted by atomic mass is 10.1. The molecule has 3 amide bonds. The van der Waals surface area contributed by atoms with Crippen LogP contribution in [0.5, 0.6) is 5.75 Å². The molecule has 2 heterocycles. The molecule has 0 spiro atoms. The van der Waals surface area contributed by atoms with Crippen molar-refractivity contribution in [2.75, 3.05) is 37.0 Å². The van der Waals surface area contributed by atoms with Gasteiger partial charge in [0.2, 0.25) is 11.8 Å². The molecule has 7 nitrogen and oxygen atoms in total. The molecule has 1 atom stereocenters. The van der Waals surface area contributed by atoms with E-state index < -0.39 is 5.25 Å². The lowest BCUT2D eigenvalue weighted by Crippen LogP contribution is -2.52. The van der Waals surface area contributed by atoms with Crippen LogP contribution in [0.25, 0.3) is 0 Å². The van der Waals surface area contributed by atoms with E-state index >= 15 is 0 Å². The van der Waals surface area contributed by atoms with E-state index in [1.54, 1.807) is 42.3 Å². The fourth-order valence-corrected chi connectivity index (χ4v) is 5.05. The topological polar surface area (TPSA) is 79.0 Å². The molecule has 8 heteroatoms. The molecule has 1 saturated heterocycles. The molecule has 2 aliphatic heterocycles. The van der Waals surface area contributed by atoms with Crippen LogP contribution in [0, 0.1) is 0 Å². The predicted molar refractivity (Wildman–Crippen MR) is 120 cm³/mol. The van der Waals surface area contributed by atoms with Gasteiger partial charge in [-0.25, -0.2) is 0 Å². The highest BCUT2D eigenvalue weighted by molar-refractivity contribution is 8.01. The molecule has 1 fully saturated rings. The van der Waals surface area contributed by atoms with Gasteiger partial charge < -0.3 is 19.9 Å². The van der Waals surface area contributed by atoms with E-state index in [0.29, 0.717) is 30.2 Å². The third kappa shape index (κ3) is 4.69. The minimum atomic E-state index is -0.863. The Morgan fingerprint density at radius 1 is 1.10 bits per heavy atom. The molecule has 0 saturated carbocycles. The Labute approximate surface area is 185 Å². The molecule has 2 aromatic rings. The summed E-state index contributed by atoms with van der Waals surface area (Å²) in [5.41, 5.74) is 1.23. The second-order valence-electron chi connectivity index (χ2n) is 7.56. The van der Waals surface area contributed by atoms with Gasteiger partial charge in [-0.2, -0.15) is 0 Å². The van der Waals surface area contributed by atoms with Crippen molar-refractivity contribution in [3.05, 3.63) is 48.5 Å². The minimum Gasteiger partial charge on any atom is -0.497 e. The number of ether oxygens (including phenoxy) is 1. The number of piperidine rings is 1. The normalized spacial score (nSPS) is 18.4. The second kappa shape index (κ2) is 9.43. The lowest BCUT2D eigenvalue weighted by molar-refractivity contribution is -0.135. The number of nitrogens with one attached hydrogen (secondary N) is 1. The van der Waals surface area contributed by atoms with Crippen LogP contribution >= 0.6 is 11.8 Å². The first-order valence-corrected chi connectivity index (χ1v) is 11.2. The number of anilines is 2. The van der Waals surface area contributed by atoms with Crippen LogP contribution < -0.4 is 15.0 Å². The molecule has 0 radical (unpaired) electrons. The summed E-state index contributed by atoms with van der Waals surface area (Å²) in [6.07, 6.45) is 3.02. The van der Waals surface area contributed by atoms with Crippen molar-refractivity contribution in [1.82, 2.24) is 4.90 Å². The van der Waals surface area contributed by atoms with E-state index in [1.807, 2.05) is 18.2 Å². The number of fused-ring (bicyclic) bond motifs is 1. The maximum absolute atomic E-state index is 13.3. The fraction of sp³-hybridized carbons (Fsp3) is 0.348. The quantitative estimate of drug-likeness (QED) is 0.724. The third-order valence-corrected chi connectivity index (χ3v) is 6.68. The van der Waals surface area contributed by atoms with Gasteiger partial charge in [-0.15, -0.1) is 11.8 Å². The average molecular weight is 440 g/mol. The number of carbonyl (C=O) groups is 3. The van der Waals surface area contributed by atoms with Crippen molar-refractivity contribution in [3.63, 3.8) is 0 Å². The van der Waals surface area contributed by atoms with E-state index in [2.05, 4.69) is 5.32 Å². The molecule has 1 unspecified atom stereocenters. The van der Waals surface area contributed by atoms with Gasteiger partial charge >= 0.3 is 0 Å². The highest BCUT2D eigenvalue weighted by atomic mass is 32.2. The number of likely N-dealkylation sites (tertiary alicyclic amines) is 1. The molecule has 2 aliphatic rings. The number of hydrogen-bond donors (Lipinski definition) is 1. The Hall–Kier alpha value is -3.00. The summed E-state index contributed by atoms with van der Waals surface area (Å²) in [6, 6.07) is 14.4. The van der Waals surface area contributed by atoms with Crippen LogP contribution in [0.15, 0.2) is 53.4 Å². The first-order valence-electron chi connectivity index (χ1n) is 10.4. The number of methoxy groups -OCH3 is 1. The third-order valence-electron chi connectivity index (χ3n) is 5.44. The summed E-state index contributed by atoms with van der Waals surface area (Å²) in [7, 11) is 1.56. The SMILES string of the molecule is COc1cccc(NC(=O)CN2C(=O)C(C(=O)N3CCCCC3)Sc3ccccc32)c1. The van der Waals surface area contributed by atoms with E-state index in [0.717, 1.165) is 24.2 Å². The van der Waals surface area contributed by atoms with Crippen molar-refractivity contribution >= 4 is 40.9 Å². The molecule has 0 bridgehead atoms. The molecule has 0 aromatic heterocycles. The number of carbonyl (C=O) groups excluding carboxylic acids is 3. The van der Waals surface area contributed by atoms with Gasteiger partial charge in [-0.3, -0.25) is 14.4 Å². The smallest absolute Gasteiger partial charge is 0.250 e. The minimum absolute atomic E-state index is 0.164. The molecule has 1 N–H and O–H groups in total. The van der Waals surface area contributed by atoms with E-state index in [9.17, 15) is 14.4 Å². The predicted octanol–water partition coefficient (Wildman–Crippen LogP) is 3.15. The summed E-state index contributed by atoms with van der Waals surface area (Å²) < 4.78 is 5.19. The lowest BCUT2D eigenvalue weighted by Gasteiger charge is -2.36. The Morgan fingerprint density at radius 2 is 1.87 bits per heavy atom. The van der Waals surface area contributed by atoms with Gasteiger partial charge in [-0.1, -0.05) is 18.2 Å². The van der Waals surface area contributed by atoms with Crippen molar-refractivity contribution < 1.29 is 19.1 Å². The molecule has 162 valence electrons. The summed E-state index contributed by atoms with van der Waals surface area (Å²) in [6.45, 7) is 1.19. The van der Waals surface area contributed by atoms with E-state index in [1.165, 1.54) is 16.7 Å². The van der Waals surface area contributed by atoms with Gasteiger partial charge in [-0.05, 0) is 43.5 Å². The number of para-hydroxylation sites is 1. The molecular formula is C23H25N3O4S. The Bertz CT molecular complexity index is 990. The van der Waals surface area contributed by atoms with Crippen LogP contribution in [-0.4, -0.2) is 54.6 Å². The van der Waals surface area contributed by atoms with Gasteiger partial charge in [0.05, 0.1) is 12.8 Å². The summed E-state index contributed by atoms with van der Waals surface area (Å²) in [4.78, 5) is 43.2. The largest absolute Gasteiger partial charge is 0.497 e. The first-order chi connectivity index (χ1) is 15.1. The Balaban J connectivity index is 1.54. The molecule has 4 rings (SSSR count). The van der Waals surface area contributed by atoms with Crippen molar-refractivity contribution in [2.45, 2.75) is 29.4 Å². The molecule has 0 aliphatic carbocycles. The van der Waals surface area contributed by atoms with Crippen LogP contribution in [0.1, 0.15) is 19.3 Å². The Morgan fingerprint density at radius 3 is 2.65 bits per heavy atom. The molecular weight excluding hydrogens is 414 g/mol. The maximum atomic E-state index is 13.3. The fourth-order valence-electron chi connectivity index (χ4n) is 3.86. The van der Waals surface area contributed by atoms with E-state index in [4.69, 9.17) is 4.74 Å². The van der Waals surface area contributed by atoms with Crippen molar-refractivity contribution in [3.8, 4) is 5.75 Å². The molecule has 2 aromatic carbocycles. The summed E-state index contributed by atoms with van der Waals surface area (Å²) >= 11 is 1.28. The number of thioether (sulfide) groups is 1. The van der Waals surface area contributed by atoms with Crippen LogP contribution in [0.4, 0.5) is 11.4 Å². The number of amides is 3. The monoisotopic (exact) mass is 439 g/mol.